The average molecular weight is 242 g/mol. The Morgan fingerprint density at radius 3 is 2.33 bits per heavy atom. The topological polar surface area (TPSA) is 0 Å². The summed E-state index contributed by atoms with van der Waals surface area (Å²) in [4.78, 5) is 0. The minimum Gasteiger partial charge on any atom is -0.207 e. The lowest BCUT2D eigenvalue weighted by Gasteiger charge is -2.17. The van der Waals surface area contributed by atoms with Crippen LogP contribution in [0, 0.1) is 12.7 Å². The molecule has 0 aliphatic rings. The molecule has 2 aromatic rings. The minimum atomic E-state index is -0.168. The summed E-state index contributed by atoms with van der Waals surface area (Å²) in [6, 6.07) is 15.5. The first kappa shape index (κ1) is 12.8. The van der Waals surface area contributed by atoms with E-state index in [1.807, 2.05) is 12.1 Å². The molecule has 0 nitrogen and oxygen atoms in total. The molecule has 0 fully saturated rings. The highest BCUT2D eigenvalue weighted by atomic mass is 19.1. The van der Waals surface area contributed by atoms with Crippen molar-refractivity contribution in [3.05, 3.63) is 71.0 Å². The molecule has 0 spiro atoms. The maximum Gasteiger partial charge on any atom is 0.123 e. The second kappa shape index (κ2) is 5.81. The van der Waals surface area contributed by atoms with Gasteiger partial charge in [0.1, 0.15) is 5.82 Å². The predicted octanol–water partition coefficient (Wildman–Crippen LogP) is 5.07. The number of benzene rings is 2. The molecule has 1 unspecified atom stereocenters. The molecule has 1 heteroatoms. The molecular weight excluding hydrogens is 223 g/mol. The van der Waals surface area contributed by atoms with E-state index in [1.54, 1.807) is 12.1 Å². The maximum absolute atomic E-state index is 13.0. The fourth-order valence-corrected chi connectivity index (χ4v) is 2.40. The molecule has 0 N–H and O–H groups in total. The van der Waals surface area contributed by atoms with E-state index in [1.165, 1.54) is 16.7 Å². The summed E-state index contributed by atoms with van der Waals surface area (Å²) < 4.78 is 13.0. The number of halogens is 1. The molecule has 2 rings (SSSR count). The molecule has 0 saturated heterocycles. The van der Waals surface area contributed by atoms with E-state index in [0.29, 0.717) is 5.92 Å². The molecule has 1 atom stereocenters. The van der Waals surface area contributed by atoms with Crippen molar-refractivity contribution in [3.8, 4) is 0 Å². The van der Waals surface area contributed by atoms with E-state index < -0.39 is 0 Å². The van der Waals surface area contributed by atoms with Crippen LogP contribution in [0.4, 0.5) is 4.39 Å². The van der Waals surface area contributed by atoms with Gasteiger partial charge in [0.25, 0.3) is 0 Å². The van der Waals surface area contributed by atoms with Gasteiger partial charge in [0.15, 0.2) is 0 Å². The molecule has 0 aliphatic heterocycles. The molecule has 0 aliphatic carbocycles. The van der Waals surface area contributed by atoms with Gasteiger partial charge in [-0.1, -0.05) is 55.3 Å². The summed E-state index contributed by atoms with van der Waals surface area (Å²) in [5, 5.41) is 0. The molecule has 0 saturated carbocycles. The smallest absolute Gasteiger partial charge is 0.123 e. The Hall–Kier alpha value is -1.63. The Bertz CT molecular complexity index is 499. The molecule has 2 aromatic carbocycles. The van der Waals surface area contributed by atoms with Gasteiger partial charge in [0.05, 0.1) is 0 Å². The van der Waals surface area contributed by atoms with E-state index in [9.17, 15) is 4.39 Å². The zero-order valence-electron chi connectivity index (χ0n) is 11.0. The van der Waals surface area contributed by atoms with Gasteiger partial charge in [-0.15, -0.1) is 0 Å². The summed E-state index contributed by atoms with van der Waals surface area (Å²) in [5.41, 5.74) is 3.79. The van der Waals surface area contributed by atoms with E-state index in [2.05, 4.69) is 38.1 Å². The summed E-state index contributed by atoms with van der Waals surface area (Å²) in [6.07, 6.45) is 2.21. The van der Waals surface area contributed by atoms with Crippen LogP contribution in [-0.2, 0) is 0 Å². The standard InChI is InChI=1S/C17H19F/c1-3-5-17(14-8-10-16(18)11-9-14)15-7-4-6-13(2)12-15/h4,6-12,17H,3,5H2,1-2H3. The normalized spacial score (nSPS) is 12.4. The Morgan fingerprint density at radius 2 is 1.72 bits per heavy atom. The molecule has 0 bridgehead atoms. The van der Waals surface area contributed by atoms with Crippen LogP contribution in [0.2, 0.25) is 0 Å². The van der Waals surface area contributed by atoms with Crippen molar-refractivity contribution in [3.63, 3.8) is 0 Å². The van der Waals surface area contributed by atoms with Gasteiger partial charge in [-0.2, -0.15) is 0 Å². The number of aryl methyl sites for hydroxylation is 1. The fourth-order valence-electron chi connectivity index (χ4n) is 2.40. The van der Waals surface area contributed by atoms with Crippen molar-refractivity contribution in [2.45, 2.75) is 32.6 Å². The minimum absolute atomic E-state index is 0.168. The zero-order valence-corrected chi connectivity index (χ0v) is 11.0. The first-order valence-corrected chi connectivity index (χ1v) is 6.52. The van der Waals surface area contributed by atoms with Gasteiger partial charge in [-0.25, -0.2) is 4.39 Å². The molecule has 0 heterocycles. The van der Waals surface area contributed by atoms with Crippen molar-refractivity contribution < 1.29 is 4.39 Å². The van der Waals surface area contributed by atoms with E-state index in [-0.39, 0.29) is 5.82 Å². The summed E-state index contributed by atoms with van der Waals surface area (Å²) in [5.74, 6) is 0.203. The fraction of sp³-hybridized carbons (Fsp3) is 0.294. The summed E-state index contributed by atoms with van der Waals surface area (Å²) in [6.45, 7) is 4.30. The second-order valence-electron chi connectivity index (χ2n) is 4.81. The number of hydrogen-bond acceptors (Lipinski definition) is 0. The lowest BCUT2D eigenvalue weighted by atomic mass is 9.87. The third-order valence-corrected chi connectivity index (χ3v) is 3.29. The highest BCUT2D eigenvalue weighted by Crippen LogP contribution is 2.29. The lowest BCUT2D eigenvalue weighted by molar-refractivity contribution is 0.624. The third-order valence-electron chi connectivity index (χ3n) is 3.29. The predicted molar refractivity (Wildman–Crippen MR) is 74.3 cm³/mol. The lowest BCUT2D eigenvalue weighted by Crippen LogP contribution is -2.01. The SMILES string of the molecule is CCCC(c1ccc(F)cc1)c1cccc(C)c1. The van der Waals surface area contributed by atoms with Gasteiger partial charge in [-0.3, -0.25) is 0 Å². The van der Waals surface area contributed by atoms with Gasteiger partial charge in [0, 0.05) is 5.92 Å². The van der Waals surface area contributed by atoms with Gasteiger partial charge < -0.3 is 0 Å². The van der Waals surface area contributed by atoms with Crippen molar-refractivity contribution in [2.75, 3.05) is 0 Å². The Kier molecular flexibility index (Phi) is 4.14. The Labute approximate surface area is 108 Å². The molecule has 94 valence electrons. The number of hydrogen-bond donors (Lipinski definition) is 0. The van der Waals surface area contributed by atoms with Crippen molar-refractivity contribution in [2.24, 2.45) is 0 Å². The third kappa shape index (κ3) is 2.98. The number of rotatable bonds is 4. The van der Waals surface area contributed by atoms with Crippen molar-refractivity contribution in [1.29, 1.82) is 0 Å². The van der Waals surface area contributed by atoms with Crippen molar-refractivity contribution in [1.82, 2.24) is 0 Å². The monoisotopic (exact) mass is 242 g/mol. The quantitative estimate of drug-likeness (QED) is 0.702. The van der Waals surface area contributed by atoms with E-state index in [4.69, 9.17) is 0 Å². The van der Waals surface area contributed by atoms with Gasteiger partial charge in [0.2, 0.25) is 0 Å². The zero-order chi connectivity index (χ0) is 13.0. The summed E-state index contributed by atoms with van der Waals surface area (Å²) in [7, 11) is 0. The molecule has 18 heavy (non-hydrogen) atoms. The largest absolute Gasteiger partial charge is 0.207 e. The van der Waals surface area contributed by atoms with Gasteiger partial charge >= 0.3 is 0 Å². The van der Waals surface area contributed by atoms with Crippen LogP contribution in [0.15, 0.2) is 48.5 Å². The summed E-state index contributed by atoms with van der Waals surface area (Å²) >= 11 is 0. The average Bonchev–Trinajstić information content (AvgIpc) is 2.37. The molecule has 0 amide bonds. The van der Waals surface area contributed by atoms with E-state index >= 15 is 0 Å². The maximum atomic E-state index is 13.0. The molecule has 0 aromatic heterocycles. The highest BCUT2D eigenvalue weighted by Gasteiger charge is 2.13. The van der Waals surface area contributed by atoms with Crippen LogP contribution in [0.5, 0.6) is 0 Å². The van der Waals surface area contributed by atoms with E-state index in [0.717, 1.165) is 12.8 Å². The van der Waals surface area contributed by atoms with Crippen LogP contribution >= 0.6 is 0 Å². The highest BCUT2D eigenvalue weighted by molar-refractivity contribution is 5.34. The van der Waals surface area contributed by atoms with Crippen molar-refractivity contribution >= 4 is 0 Å². The molecular formula is C17H19F. The second-order valence-corrected chi connectivity index (χ2v) is 4.81. The molecule has 0 radical (unpaired) electrons. The first-order valence-electron chi connectivity index (χ1n) is 6.52. The van der Waals surface area contributed by atoms with Crippen LogP contribution in [-0.4, -0.2) is 0 Å². The van der Waals surface area contributed by atoms with Crippen LogP contribution in [0.3, 0.4) is 0 Å². The van der Waals surface area contributed by atoms with Crippen LogP contribution in [0.1, 0.15) is 42.4 Å². The Balaban J connectivity index is 2.36. The Morgan fingerprint density at radius 1 is 1.00 bits per heavy atom. The first-order chi connectivity index (χ1) is 8.70. The van der Waals surface area contributed by atoms with Crippen LogP contribution in [0.25, 0.3) is 0 Å². The van der Waals surface area contributed by atoms with Crippen LogP contribution < -0.4 is 0 Å². The van der Waals surface area contributed by atoms with Gasteiger partial charge in [-0.05, 0) is 36.6 Å².